The zero-order valence-corrected chi connectivity index (χ0v) is 37.0. The molecule has 63 heavy (non-hydrogen) atoms. The SMILES string of the molecule is CC(C)(C)C[C@@H]1N[C@@H](C(=O)NC2CCC(C(=O)NCCCC#Cc3cccc4c3CN(C3CCC(=O)NC3=O)C4=O)CC2)[C@H](c2cccc(Cl)c2F)[C@]12C(=O)Nc1cc(Cl)ccc12. The maximum absolute atomic E-state index is 16.2. The molecule has 4 heterocycles. The summed E-state index contributed by atoms with van der Waals surface area (Å²) in [5, 5.41) is 15.4. The molecule has 1 unspecified atom stereocenters. The summed E-state index contributed by atoms with van der Waals surface area (Å²) >= 11 is 12.7. The molecule has 6 amide bonds. The molecule has 8 rings (SSSR count). The summed E-state index contributed by atoms with van der Waals surface area (Å²) in [5.41, 5.74) is 1.71. The number of carbonyl (C=O) groups excluding carboxylic acids is 6. The molecule has 5 aliphatic rings. The van der Waals surface area contributed by atoms with Crippen LogP contribution in [0.2, 0.25) is 10.0 Å². The number of nitrogens with one attached hydrogen (secondary N) is 5. The van der Waals surface area contributed by atoms with Gasteiger partial charge in [0, 0.05) is 71.7 Å². The summed E-state index contributed by atoms with van der Waals surface area (Å²) < 4.78 is 16.2. The van der Waals surface area contributed by atoms with E-state index >= 15 is 4.39 Å². The zero-order chi connectivity index (χ0) is 44.8. The molecule has 12 nitrogen and oxygen atoms in total. The van der Waals surface area contributed by atoms with Crippen LogP contribution in [0.15, 0.2) is 54.6 Å². The molecule has 3 aromatic rings. The predicted octanol–water partition coefficient (Wildman–Crippen LogP) is 6.27. The fraction of sp³-hybridized carbons (Fsp3) is 0.458. The van der Waals surface area contributed by atoms with E-state index in [-0.39, 0.29) is 76.9 Å². The second-order valence-corrected chi connectivity index (χ2v) is 19.4. The maximum atomic E-state index is 16.2. The van der Waals surface area contributed by atoms with Gasteiger partial charge in [-0.3, -0.25) is 34.1 Å². The molecule has 330 valence electrons. The van der Waals surface area contributed by atoms with Gasteiger partial charge in [0.05, 0.1) is 11.1 Å². The lowest BCUT2D eigenvalue weighted by Gasteiger charge is -2.38. The Balaban J connectivity index is 0.875. The first-order valence-corrected chi connectivity index (χ1v) is 22.5. The quantitative estimate of drug-likeness (QED) is 0.0961. The van der Waals surface area contributed by atoms with Crippen LogP contribution >= 0.6 is 23.2 Å². The van der Waals surface area contributed by atoms with Crippen molar-refractivity contribution in [3.8, 4) is 11.8 Å². The lowest BCUT2D eigenvalue weighted by molar-refractivity contribution is -0.137. The van der Waals surface area contributed by atoms with E-state index in [2.05, 4.69) is 59.2 Å². The number of carbonyl (C=O) groups is 6. The van der Waals surface area contributed by atoms with Crippen molar-refractivity contribution < 1.29 is 33.2 Å². The molecule has 3 aromatic carbocycles. The lowest BCUT2D eigenvalue weighted by Crippen LogP contribution is -2.52. The Bertz CT molecular complexity index is 2450. The van der Waals surface area contributed by atoms with Gasteiger partial charge in [0.25, 0.3) is 5.91 Å². The number of rotatable bonds is 9. The van der Waals surface area contributed by atoms with E-state index in [1.807, 2.05) is 6.07 Å². The normalized spacial score (nSPS) is 26.4. The van der Waals surface area contributed by atoms with Crippen LogP contribution < -0.4 is 26.6 Å². The van der Waals surface area contributed by atoms with Crippen molar-refractivity contribution >= 4 is 64.3 Å². The minimum absolute atomic E-state index is 0.0485. The average Bonchev–Trinajstić information content (AvgIpc) is 3.85. The number of anilines is 1. The first kappa shape index (κ1) is 44.3. The van der Waals surface area contributed by atoms with Crippen molar-refractivity contribution in [2.75, 3.05) is 11.9 Å². The van der Waals surface area contributed by atoms with Crippen LogP contribution in [0.25, 0.3) is 0 Å². The molecule has 5 atom stereocenters. The first-order chi connectivity index (χ1) is 30.1. The fourth-order valence-corrected chi connectivity index (χ4v) is 10.7. The number of fused-ring (bicyclic) bond motifs is 3. The largest absolute Gasteiger partial charge is 0.356 e. The third kappa shape index (κ3) is 8.57. The molecule has 1 aliphatic carbocycles. The van der Waals surface area contributed by atoms with E-state index in [0.717, 1.165) is 5.56 Å². The van der Waals surface area contributed by atoms with Crippen LogP contribution in [0.5, 0.6) is 0 Å². The molecule has 3 fully saturated rings. The van der Waals surface area contributed by atoms with Gasteiger partial charge in [0.2, 0.25) is 29.5 Å². The lowest BCUT2D eigenvalue weighted by atomic mass is 9.62. The zero-order valence-electron chi connectivity index (χ0n) is 35.5. The first-order valence-electron chi connectivity index (χ1n) is 21.7. The summed E-state index contributed by atoms with van der Waals surface area (Å²) in [7, 11) is 0. The average molecular weight is 898 g/mol. The number of halogens is 3. The molecule has 15 heteroatoms. The van der Waals surface area contributed by atoms with Crippen LogP contribution in [0.4, 0.5) is 10.1 Å². The van der Waals surface area contributed by atoms with Crippen molar-refractivity contribution in [1.82, 2.24) is 26.2 Å². The van der Waals surface area contributed by atoms with Gasteiger partial charge in [-0.2, -0.15) is 0 Å². The summed E-state index contributed by atoms with van der Waals surface area (Å²) in [6.45, 7) is 6.87. The molecule has 5 N–H and O–H groups in total. The van der Waals surface area contributed by atoms with Gasteiger partial charge in [-0.15, -0.1) is 0 Å². The number of amides is 6. The van der Waals surface area contributed by atoms with Gasteiger partial charge in [0.1, 0.15) is 17.3 Å². The van der Waals surface area contributed by atoms with Crippen LogP contribution in [0.1, 0.15) is 117 Å². The van der Waals surface area contributed by atoms with Crippen molar-refractivity contribution in [2.24, 2.45) is 11.3 Å². The number of hydrogen-bond acceptors (Lipinski definition) is 7. The molecular weight excluding hydrogens is 846 g/mol. The second kappa shape index (κ2) is 17.7. The van der Waals surface area contributed by atoms with E-state index < -0.39 is 41.2 Å². The highest BCUT2D eigenvalue weighted by Gasteiger charge is 2.66. The Hall–Kier alpha value is -5.29. The summed E-state index contributed by atoms with van der Waals surface area (Å²) in [4.78, 5) is 80.9. The Morgan fingerprint density at radius 2 is 1.71 bits per heavy atom. The molecule has 0 radical (unpaired) electrons. The molecule has 0 aromatic heterocycles. The molecule has 1 spiro atoms. The van der Waals surface area contributed by atoms with Gasteiger partial charge in [-0.25, -0.2) is 4.39 Å². The molecule has 4 aliphatic heterocycles. The number of piperidine rings is 1. The monoisotopic (exact) mass is 896 g/mol. The highest BCUT2D eigenvalue weighted by atomic mass is 35.5. The van der Waals surface area contributed by atoms with Crippen LogP contribution in [0.3, 0.4) is 0 Å². The van der Waals surface area contributed by atoms with Crippen molar-refractivity contribution in [3.05, 3.63) is 98.3 Å². The summed E-state index contributed by atoms with van der Waals surface area (Å²) in [6, 6.07) is 12.8. The third-order valence-electron chi connectivity index (χ3n) is 13.2. The molecule has 1 saturated carbocycles. The number of imide groups is 1. The van der Waals surface area contributed by atoms with Gasteiger partial charge in [0.15, 0.2) is 0 Å². The van der Waals surface area contributed by atoms with Gasteiger partial charge in [-0.05, 0) is 97.4 Å². The van der Waals surface area contributed by atoms with Crippen LogP contribution in [-0.4, -0.2) is 71.1 Å². The van der Waals surface area contributed by atoms with Crippen molar-refractivity contribution in [1.29, 1.82) is 0 Å². The van der Waals surface area contributed by atoms with E-state index in [1.165, 1.54) is 11.0 Å². The van der Waals surface area contributed by atoms with E-state index in [4.69, 9.17) is 23.2 Å². The highest BCUT2D eigenvalue weighted by Crippen LogP contribution is 2.57. The predicted molar refractivity (Wildman–Crippen MR) is 236 cm³/mol. The van der Waals surface area contributed by atoms with Crippen molar-refractivity contribution in [3.63, 3.8) is 0 Å². The van der Waals surface area contributed by atoms with Crippen LogP contribution in [-0.2, 0) is 35.9 Å². The number of hydrogen-bond donors (Lipinski definition) is 5. The van der Waals surface area contributed by atoms with Crippen molar-refractivity contribution in [2.45, 2.75) is 121 Å². The Morgan fingerprint density at radius 3 is 2.46 bits per heavy atom. The van der Waals surface area contributed by atoms with Gasteiger partial charge < -0.3 is 26.2 Å². The summed E-state index contributed by atoms with van der Waals surface area (Å²) in [5.74, 6) is 2.70. The Morgan fingerprint density at radius 1 is 0.952 bits per heavy atom. The highest BCUT2D eigenvalue weighted by molar-refractivity contribution is 6.31. The van der Waals surface area contributed by atoms with Gasteiger partial charge in [-0.1, -0.05) is 80.1 Å². The maximum Gasteiger partial charge on any atom is 0.255 e. The smallest absolute Gasteiger partial charge is 0.255 e. The fourth-order valence-electron chi connectivity index (χ4n) is 10.3. The van der Waals surface area contributed by atoms with Gasteiger partial charge >= 0.3 is 0 Å². The van der Waals surface area contributed by atoms with E-state index in [0.29, 0.717) is 78.9 Å². The van der Waals surface area contributed by atoms with Crippen LogP contribution in [0, 0.1) is 29.0 Å². The summed E-state index contributed by atoms with van der Waals surface area (Å²) in [6.07, 6.45) is 4.40. The third-order valence-corrected chi connectivity index (χ3v) is 13.8. The minimum Gasteiger partial charge on any atom is -0.356 e. The number of unbranched alkanes of at least 4 members (excludes halogenated alkanes) is 1. The second-order valence-electron chi connectivity index (χ2n) is 18.6. The minimum atomic E-state index is -1.36. The molecule has 0 bridgehead atoms. The molecular formula is C48H51Cl2FN6O6. The van der Waals surface area contributed by atoms with E-state index in [1.54, 1.807) is 42.5 Å². The topological polar surface area (TPSA) is 166 Å². The molecule has 2 saturated heterocycles. The Labute approximate surface area is 376 Å². The number of benzene rings is 3. The van der Waals surface area contributed by atoms with E-state index in [9.17, 15) is 28.8 Å². The Kier molecular flexibility index (Phi) is 12.5. The number of nitrogens with zero attached hydrogens (tertiary/aromatic N) is 1. The standard InChI is InChI=1S/C48H51Cl2FN6O6/c1-47(2,3)24-37-48(33-19-16-28(49)23-35(33)54-46(48)63)39(31-12-8-13-34(50)40(31)51)41(55-37)44(61)53-29-17-14-27(15-18-29)42(59)52-22-6-4-5-9-26-10-7-11-30-32(26)25-57(45(30)62)36-20-21-38(58)56-43(36)60/h7-8,10-13,16,19,23,27,29,36-37,39,41,55H,4,6,14-15,17-18,20-22,24-25H2,1-3H3,(H,52,59)(H,53,61)(H,54,63)(H,56,58,60)/t27?,29?,36?,37-,39-,41+,48+/m0/s1.